The number of benzene rings is 2. The Morgan fingerprint density at radius 3 is 2.32 bits per heavy atom. The number of aromatic nitrogens is 1. The van der Waals surface area contributed by atoms with E-state index in [1.165, 1.54) is 7.11 Å². The smallest absolute Gasteiger partial charge is 0.407 e. The summed E-state index contributed by atoms with van der Waals surface area (Å²) in [6.07, 6.45) is 0.264. The molecule has 2 aromatic carbocycles. The second kappa shape index (κ2) is 10.2. The summed E-state index contributed by atoms with van der Waals surface area (Å²) in [4.78, 5) is 29.7. The molecule has 1 aromatic heterocycles. The van der Waals surface area contributed by atoms with Crippen molar-refractivity contribution in [2.45, 2.75) is 60.1 Å². The summed E-state index contributed by atoms with van der Waals surface area (Å²) in [5.41, 5.74) is 5.56. The number of rotatable bonds is 6. The lowest BCUT2D eigenvalue weighted by Gasteiger charge is -2.22. The van der Waals surface area contributed by atoms with Gasteiger partial charge in [0.25, 0.3) is 0 Å². The largest absolute Gasteiger partial charge is 0.465 e. The number of methoxy groups -OCH3 is 1. The molecule has 0 aliphatic heterocycles. The van der Waals surface area contributed by atoms with E-state index in [0.717, 1.165) is 45.3 Å². The van der Waals surface area contributed by atoms with Crippen molar-refractivity contribution in [1.29, 1.82) is 0 Å². The van der Waals surface area contributed by atoms with Crippen molar-refractivity contribution in [1.82, 2.24) is 10.3 Å². The summed E-state index contributed by atoms with van der Waals surface area (Å²) in [5.74, 6) is -0.0399. The molecule has 34 heavy (non-hydrogen) atoms. The molecule has 3 rings (SSSR count). The molecule has 3 aromatic rings. The van der Waals surface area contributed by atoms with Crippen LogP contribution in [0.3, 0.4) is 0 Å². The van der Waals surface area contributed by atoms with Crippen LogP contribution in [0.15, 0.2) is 42.5 Å². The highest BCUT2D eigenvalue weighted by molar-refractivity contribution is 6.01. The lowest BCUT2D eigenvalue weighted by atomic mass is 9.90. The summed E-state index contributed by atoms with van der Waals surface area (Å²) in [7, 11) is 1.37. The number of aryl methyl sites for hydroxylation is 1. The zero-order valence-electron chi connectivity index (χ0n) is 21.1. The van der Waals surface area contributed by atoms with Gasteiger partial charge < -0.3 is 14.8 Å². The average Bonchev–Trinajstić information content (AvgIpc) is 2.75. The third kappa shape index (κ3) is 6.13. The van der Waals surface area contributed by atoms with E-state index in [2.05, 4.69) is 43.4 Å². The highest BCUT2D eigenvalue weighted by Crippen LogP contribution is 2.35. The van der Waals surface area contributed by atoms with Crippen LogP contribution < -0.4 is 5.32 Å². The Kier molecular flexibility index (Phi) is 7.60. The van der Waals surface area contributed by atoms with Crippen molar-refractivity contribution in [2.24, 2.45) is 5.92 Å². The zero-order chi connectivity index (χ0) is 25.0. The minimum atomic E-state index is -0.596. The van der Waals surface area contributed by atoms with Crippen LogP contribution in [0, 0.1) is 12.8 Å². The maximum Gasteiger partial charge on any atom is 0.407 e. The van der Waals surface area contributed by atoms with Crippen LogP contribution in [0.4, 0.5) is 4.79 Å². The van der Waals surface area contributed by atoms with Crippen molar-refractivity contribution < 1.29 is 19.1 Å². The molecule has 0 unspecified atom stereocenters. The lowest BCUT2D eigenvalue weighted by Crippen LogP contribution is -2.32. The van der Waals surface area contributed by atoms with Gasteiger partial charge in [0.2, 0.25) is 0 Å². The quantitative estimate of drug-likeness (QED) is 0.440. The zero-order valence-corrected chi connectivity index (χ0v) is 21.1. The number of ether oxygens (including phenoxy) is 2. The topological polar surface area (TPSA) is 77.5 Å². The summed E-state index contributed by atoms with van der Waals surface area (Å²) in [5, 5.41) is 3.74. The Hall–Kier alpha value is -3.41. The van der Waals surface area contributed by atoms with Gasteiger partial charge in [-0.05, 0) is 69.4 Å². The molecule has 0 saturated carbocycles. The second-order valence-corrected chi connectivity index (χ2v) is 9.96. The van der Waals surface area contributed by atoms with Crippen molar-refractivity contribution in [3.8, 4) is 11.1 Å². The van der Waals surface area contributed by atoms with Crippen LogP contribution in [0.2, 0.25) is 0 Å². The number of fused-ring (bicyclic) bond motifs is 1. The van der Waals surface area contributed by atoms with Gasteiger partial charge >= 0.3 is 12.1 Å². The first kappa shape index (κ1) is 25.2. The standard InChI is InChI=1S/C28H34N2O4/c1-17(2)14-24-22(16-29-27(32)34-28(4,5)6)25(19-10-8-18(3)9-11-19)21-15-20(26(31)33-7)12-13-23(21)30-24/h8-13,15,17H,14,16H2,1-7H3,(H,29,32). The molecular weight excluding hydrogens is 428 g/mol. The van der Waals surface area contributed by atoms with E-state index in [-0.39, 0.29) is 6.54 Å². The minimum Gasteiger partial charge on any atom is -0.465 e. The Morgan fingerprint density at radius 2 is 1.74 bits per heavy atom. The molecule has 1 amide bonds. The van der Waals surface area contributed by atoms with Crippen LogP contribution in [0.25, 0.3) is 22.0 Å². The Bertz CT molecular complexity index is 1190. The van der Waals surface area contributed by atoms with Crippen molar-refractivity contribution in [2.75, 3.05) is 7.11 Å². The number of carbonyl (C=O) groups is 2. The molecule has 6 nitrogen and oxygen atoms in total. The van der Waals surface area contributed by atoms with E-state index in [0.29, 0.717) is 11.5 Å². The first-order valence-corrected chi connectivity index (χ1v) is 11.6. The van der Waals surface area contributed by atoms with Crippen molar-refractivity contribution >= 4 is 23.0 Å². The lowest BCUT2D eigenvalue weighted by molar-refractivity contribution is 0.0522. The van der Waals surface area contributed by atoms with Gasteiger partial charge in [-0.3, -0.25) is 4.98 Å². The summed E-state index contributed by atoms with van der Waals surface area (Å²) in [6, 6.07) is 13.6. The molecular formula is C28H34N2O4. The molecule has 180 valence electrons. The number of pyridine rings is 1. The van der Waals surface area contributed by atoms with Gasteiger partial charge in [0.1, 0.15) is 5.60 Å². The molecule has 0 radical (unpaired) electrons. The molecule has 0 aliphatic carbocycles. The van der Waals surface area contributed by atoms with Crippen LogP contribution in [-0.4, -0.2) is 29.8 Å². The third-order valence-electron chi connectivity index (χ3n) is 5.34. The number of hydrogen-bond donors (Lipinski definition) is 1. The van der Waals surface area contributed by atoms with Gasteiger partial charge in [-0.2, -0.15) is 0 Å². The van der Waals surface area contributed by atoms with E-state index >= 15 is 0 Å². The Balaban J connectivity index is 2.24. The van der Waals surface area contributed by atoms with Crippen LogP contribution in [0.5, 0.6) is 0 Å². The second-order valence-electron chi connectivity index (χ2n) is 9.96. The first-order chi connectivity index (χ1) is 16.0. The van der Waals surface area contributed by atoms with Gasteiger partial charge in [-0.25, -0.2) is 9.59 Å². The normalized spacial score (nSPS) is 11.5. The van der Waals surface area contributed by atoms with Gasteiger partial charge in [0, 0.05) is 23.2 Å². The summed E-state index contributed by atoms with van der Waals surface area (Å²) in [6.45, 7) is 12.1. The maximum atomic E-state index is 12.5. The fourth-order valence-corrected chi connectivity index (χ4v) is 3.87. The molecule has 6 heteroatoms. The highest BCUT2D eigenvalue weighted by Gasteiger charge is 2.21. The number of nitrogens with zero attached hydrogens (tertiary/aromatic N) is 1. The first-order valence-electron chi connectivity index (χ1n) is 11.6. The summed E-state index contributed by atoms with van der Waals surface area (Å²) < 4.78 is 10.4. The minimum absolute atomic E-state index is 0.256. The highest BCUT2D eigenvalue weighted by atomic mass is 16.6. The van der Waals surface area contributed by atoms with Crippen LogP contribution >= 0.6 is 0 Å². The monoisotopic (exact) mass is 462 g/mol. The number of alkyl carbamates (subject to hydrolysis) is 1. The predicted octanol–water partition coefficient (Wildman–Crippen LogP) is 6.22. The van der Waals surface area contributed by atoms with Crippen molar-refractivity contribution in [3.05, 3.63) is 64.8 Å². The van der Waals surface area contributed by atoms with Crippen molar-refractivity contribution in [3.63, 3.8) is 0 Å². The molecule has 0 bridgehead atoms. The van der Waals surface area contributed by atoms with Crippen LogP contribution in [0.1, 0.15) is 61.8 Å². The van der Waals surface area contributed by atoms with Gasteiger partial charge in [-0.15, -0.1) is 0 Å². The number of nitrogens with one attached hydrogen (secondary N) is 1. The number of hydrogen-bond acceptors (Lipinski definition) is 5. The third-order valence-corrected chi connectivity index (χ3v) is 5.34. The van der Waals surface area contributed by atoms with Crippen LogP contribution in [-0.2, 0) is 22.4 Å². The summed E-state index contributed by atoms with van der Waals surface area (Å²) >= 11 is 0. The average molecular weight is 463 g/mol. The number of amides is 1. The molecule has 0 saturated heterocycles. The number of carbonyl (C=O) groups excluding carboxylic acids is 2. The fraction of sp³-hybridized carbons (Fsp3) is 0.393. The molecule has 0 spiro atoms. The van der Waals surface area contributed by atoms with Gasteiger partial charge in [-0.1, -0.05) is 43.7 Å². The van der Waals surface area contributed by atoms with Gasteiger partial charge in [0.05, 0.1) is 18.2 Å². The van der Waals surface area contributed by atoms with E-state index < -0.39 is 17.7 Å². The SMILES string of the molecule is COC(=O)c1ccc2nc(CC(C)C)c(CNC(=O)OC(C)(C)C)c(-c3ccc(C)cc3)c2c1. The Morgan fingerprint density at radius 1 is 1.06 bits per heavy atom. The molecule has 0 fully saturated rings. The van der Waals surface area contributed by atoms with E-state index in [4.69, 9.17) is 14.5 Å². The Labute approximate surface area is 201 Å². The van der Waals surface area contributed by atoms with E-state index in [9.17, 15) is 9.59 Å². The predicted molar refractivity (Wildman–Crippen MR) is 135 cm³/mol. The molecule has 0 aliphatic rings. The molecule has 1 N–H and O–H groups in total. The molecule has 0 atom stereocenters. The maximum absolute atomic E-state index is 12.5. The van der Waals surface area contributed by atoms with Gasteiger partial charge in [0.15, 0.2) is 0 Å². The molecule has 1 heterocycles. The number of esters is 1. The fourth-order valence-electron chi connectivity index (χ4n) is 3.87. The van der Waals surface area contributed by atoms with E-state index in [1.54, 1.807) is 6.07 Å². The van der Waals surface area contributed by atoms with E-state index in [1.807, 2.05) is 39.8 Å².